The second kappa shape index (κ2) is 5.56. The summed E-state index contributed by atoms with van der Waals surface area (Å²) in [4.78, 5) is 24.9. The molecule has 0 radical (unpaired) electrons. The minimum atomic E-state index is -0.499. The average Bonchev–Trinajstić information content (AvgIpc) is 2.68. The second-order valence-corrected chi connectivity index (χ2v) is 4.26. The first-order chi connectivity index (χ1) is 9.15. The Hall–Kier alpha value is -2.30. The van der Waals surface area contributed by atoms with Gasteiger partial charge in [-0.25, -0.2) is 0 Å². The Morgan fingerprint density at radius 2 is 2.11 bits per heavy atom. The first kappa shape index (κ1) is 13.1. The van der Waals surface area contributed by atoms with E-state index in [1.165, 1.54) is 4.90 Å². The molecule has 1 aliphatic heterocycles. The van der Waals surface area contributed by atoms with E-state index < -0.39 is 6.04 Å². The highest BCUT2D eigenvalue weighted by atomic mass is 16.5. The predicted octanol–water partition coefficient (Wildman–Crippen LogP) is 1.42. The van der Waals surface area contributed by atoms with Crippen LogP contribution in [0, 0.1) is 0 Å². The third kappa shape index (κ3) is 2.76. The fourth-order valence-electron chi connectivity index (χ4n) is 2.01. The molecule has 0 bridgehead atoms. The fourth-order valence-corrected chi connectivity index (χ4v) is 2.01. The molecule has 1 aliphatic rings. The quantitative estimate of drug-likeness (QED) is 0.642. The van der Waals surface area contributed by atoms with Crippen molar-refractivity contribution >= 4 is 17.5 Å². The van der Waals surface area contributed by atoms with Crippen molar-refractivity contribution in [3.05, 3.63) is 36.9 Å². The van der Waals surface area contributed by atoms with Gasteiger partial charge in [-0.15, -0.1) is 6.58 Å². The molecule has 5 nitrogen and oxygen atoms in total. The van der Waals surface area contributed by atoms with Gasteiger partial charge in [0.2, 0.25) is 5.91 Å². The number of carbonyl (C=O) groups is 2. The first-order valence-electron chi connectivity index (χ1n) is 6.01. The van der Waals surface area contributed by atoms with Crippen molar-refractivity contribution in [1.29, 1.82) is 0 Å². The lowest BCUT2D eigenvalue weighted by atomic mass is 10.2. The largest absolute Gasteiger partial charge is 0.497 e. The molecule has 2 rings (SSSR count). The second-order valence-electron chi connectivity index (χ2n) is 4.26. The number of ether oxygens (including phenoxy) is 1. The third-order valence-electron chi connectivity index (χ3n) is 2.99. The molecular formula is C14H16N2O3. The molecule has 19 heavy (non-hydrogen) atoms. The number of likely N-dealkylation sites (tertiary alicyclic amines) is 1. The lowest BCUT2D eigenvalue weighted by Gasteiger charge is -2.14. The zero-order valence-corrected chi connectivity index (χ0v) is 10.8. The number of hydrogen-bond acceptors (Lipinski definition) is 4. The number of hydrogen-bond donors (Lipinski definition) is 1. The highest BCUT2D eigenvalue weighted by Gasteiger charge is 2.37. The Kier molecular flexibility index (Phi) is 3.85. The lowest BCUT2D eigenvalue weighted by Crippen LogP contribution is -2.34. The molecule has 1 atom stereocenters. The van der Waals surface area contributed by atoms with E-state index in [9.17, 15) is 9.59 Å². The average molecular weight is 260 g/mol. The summed E-state index contributed by atoms with van der Waals surface area (Å²) < 4.78 is 5.06. The van der Waals surface area contributed by atoms with Crippen LogP contribution in [0.4, 0.5) is 5.69 Å². The van der Waals surface area contributed by atoms with Crippen molar-refractivity contribution in [2.45, 2.75) is 12.5 Å². The zero-order chi connectivity index (χ0) is 13.8. The van der Waals surface area contributed by atoms with E-state index in [2.05, 4.69) is 11.9 Å². The molecule has 1 fully saturated rings. The maximum atomic E-state index is 12.0. The topological polar surface area (TPSA) is 58.6 Å². The fraction of sp³-hybridized carbons (Fsp3) is 0.286. The Balaban J connectivity index is 2.05. The molecule has 0 aliphatic carbocycles. The van der Waals surface area contributed by atoms with Crippen molar-refractivity contribution in [2.24, 2.45) is 0 Å². The summed E-state index contributed by atoms with van der Waals surface area (Å²) in [6, 6.07) is 6.72. The molecule has 2 amide bonds. The number of imide groups is 1. The monoisotopic (exact) mass is 260 g/mol. The first-order valence-corrected chi connectivity index (χ1v) is 6.01. The van der Waals surface area contributed by atoms with E-state index in [1.807, 2.05) is 12.1 Å². The number of benzene rings is 1. The van der Waals surface area contributed by atoms with Crippen LogP contribution in [-0.2, 0) is 9.59 Å². The van der Waals surface area contributed by atoms with Crippen LogP contribution < -0.4 is 10.1 Å². The predicted molar refractivity (Wildman–Crippen MR) is 71.9 cm³/mol. The molecule has 1 heterocycles. The highest BCUT2D eigenvalue weighted by Crippen LogP contribution is 2.20. The van der Waals surface area contributed by atoms with Crippen molar-refractivity contribution in [2.75, 3.05) is 19.0 Å². The molecule has 1 aromatic carbocycles. The van der Waals surface area contributed by atoms with Crippen LogP contribution in [0.3, 0.4) is 0 Å². The standard InChI is InChI=1S/C14H16N2O3/c1-3-8-16-13(17)9-12(14(16)18)15-10-4-6-11(19-2)7-5-10/h3-7,12,15H,1,8-9H2,2H3/t12-/m1/s1. The van der Waals surface area contributed by atoms with Crippen LogP contribution in [0.2, 0.25) is 0 Å². The van der Waals surface area contributed by atoms with E-state index in [4.69, 9.17) is 4.74 Å². The summed E-state index contributed by atoms with van der Waals surface area (Å²) >= 11 is 0. The van der Waals surface area contributed by atoms with E-state index >= 15 is 0 Å². The van der Waals surface area contributed by atoms with Crippen LogP contribution in [0.15, 0.2) is 36.9 Å². The normalized spacial score (nSPS) is 18.6. The van der Waals surface area contributed by atoms with Gasteiger partial charge in [-0.2, -0.15) is 0 Å². The van der Waals surface area contributed by atoms with E-state index in [1.54, 1.807) is 25.3 Å². The van der Waals surface area contributed by atoms with Crippen LogP contribution in [0.25, 0.3) is 0 Å². The number of amides is 2. The molecule has 1 saturated heterocycles. The summed E-state index contributed by atoms with van der Waals surface area (Å²) in [5.74, 6) is 0.365. The number of rotatable bonds is 5. The number of nitrogens with one attached hydrogen (secondary N) is 1. The lowest BCUT2D eigenvalue weighted by molar-refractivity contribution is -0.137. The van der Waals surface area contributed by atoms with Crippen molar-refractivity contribution < 1.29 is 14.3 Å². The summed E-state index contributed by atoms with van der Waals surface area (Å²) in [5.41, 5.74) is 0.785. The molecule has 1 aromatic rings. The summed E-state index contributed by atoms with van der Waals surface area (Å²) in [7, 11) is 1.59. The number of carbonyl (C=O) groups excluding carboxylic acids is 2. The van der Waals surface area contributed by atoms with Crippen LogP contribution in [0.5, 0.6) is 5.75 Å². The summed E-state index contributed by atoms with van der Waals surface area (Å²) in [6.07, 6.45) is 1.73. The van der Waals surface area contributed by atoms with E-state index in [-0.39, 0.29) is 24.8 Å². The van der Waals surface area contributed by atoms with Crippen molar-refractivity contribution in [1.82, 2.24) is 4.90 Å². The molecule has 1 N–H and O–H groups in total. The van der Waals surface area contributed by atoms with Crippen LogP contribution >= 0.6 is 0 Å². The van der Waals surface area contributed by atoms with Gasteiger partial charge < -0.3 is 10.1 Å². The molecule has 0 unspecified atom stereocenters. The number of anilines is 1. The number of nitrogens with zero attached hydrogens (tertiary/aromatic N) is 1. The van der Waals surface area contributed by atoms with Crippen LogP contribution in [-0.4, -0.2) is 36.4 Å². The smallest absolute Gasteiger partial charge is 0.252 e. The summed E-state index contributed by atoms with van der Waals surface area (Å²) in [6.45, 7) is 3.80. The molecular weight excluding hydrogens is 244 g/mol. The van der Waals surface area contributed by atoms with Crippen molar-refractivity contribution in [3.63, 3.8) is 0 Å². The highest BCUT2D eigenvalue weighted by molar-refractivity contribution is 6.06. The molecule has 100 valence electrons. The SMILES string of the molecule is C=CCN1C(=O)C[C@@H](Nc2ccc(OC)cc2)C1=O. The van der Waals surface area contributed by atoms with Crippen LogP contribution in [0.1, 0.15) is 6.42 Å². The third-order valence-corrected chi connectivity index (χ3v) is 2.99. The van der Waals surface area contributed by atoms with Gasteiger partial charge in [-0.3, -0.25) is 14.5 Å². The maximum absolute atomic E-state index is 12.0. The maximum Gasteiger partial charge on any atom is 0.252 e. The zero-order valence-electron chi connectivity index (χ0n) is 10.8. The van der Waals surface area contributed by atoms with Gasteiger partial charge in [0.15, 0.2) is 0 Å². The van der Waals surface area contributed by atoms with Gasteiger partial charge in [-0.1, -0.05) is 6.08 Å². The molecule has 5 heteroatoms. The van der Waals surface area contributed by atoms with Gasteiger partial charge in [0.1, 0.15) is 11.8 Å². The van der Waals surface area contributed by atoms with Gasteiger partial charge in [0.25, 0.3) is 5.91 Å². The van der Waals surface area contributed by atoms with E-state index in [0.717, 1.165) is 11.4 Å². The minimum absolute atomic E-state index is 0.170. The number of methoxy groups -OCH3 is 1. The Bertz CT molecular complexity index is 496. The van der Waals surface area contributed by atoms with Gasteiger partial charge >= 0.3 is 0 Å². The Morgan fingerprint density at radius 3 is 2.68 bits per heavy atom. The minimum Gasteiger partial charge on any atom is -0.497 e. The molecule has 0 saturated carbocycles. The van der Waals surface area contributed by atoms with Gasteiger partial charge in [-0.05, 0) is 24.3 Å². The molecule has 0 aromatic heterocycles. The Labute approximate surface area is 111 Å². The Morgan fingerprint density at radius 1 is 1.42 bits per heavy atom. The van der Waals surface area contributed by atoms with Crippen molar-refractivity contribution in [3.8, 4) is 5.75 Å². The van der Waals surface area contributed by atoms with Gasteiger partial charge in [0, 0.05) is 12.2 Å². The van der Waals surface area contributed by atoms with Gasteiger partial charge in [0.05, 0.1) is 13.5 Å². The summed E-state index contributed by atoms with van der Waals surface area (Å²) in [5, 5.41) is 3.06. The van der Waals surface area contributed by atoms with E-state index in [0.29, 0.717) is 0 Å². The molecule has 0 spiro atoms.